The first-order chi connectivity index (χ1) is 10.5. The quantitative estimate of drug-likeness (QED) is 0.860. The lowest BCUT2D eigenvalue weighted by molar-refractivity contribution is -0.116. The molecule has 4 nitrogen and oxygen atoms in total. The molecule has 1 heterocycles. The van der Waals surface area contributed by atoms with Gasteiger partial charge in [-0.3, -0.25) is 4.79 Å². The van der Waals surface area contributed by atoms with E-state index < -0.39 is 10.0 Å². The number of hydrogen-bond acceptors (Lipinski definition) is 3. The average Bonchev–Trinajstić information content (AvgIpc) is 2.91. The topological polar surface area (TPSA) is 54.5 Å². The van der Waals surface area contributed by atoms with Gasteiger partial charge in [0.2, 0.25) is 10.0 Å². The molecule has 0 bridgehead atoms. The van der Waals surface area contributed by atoms with E-state index in [0.717, 1.165) is 31.2 Å². The summed E-state index contributed by atoms with van der Waals surface area (Å²) in [6.45, 7) is 1.97. The second kappa shape index (κ2) is 6.13. The van der Waals surface area contributed by atoms with Gasteiger partial charge in [0.05, 0.1) is 11.4 Å². The van der Waals surface area contributed by atoms with Crippen LogP contribution >= 0.6 is 0 Å². The molecule has 0 aromatic heterocycles. The number of aryl methyl sites for hydroxylation is 1. The SMILES string of the molecule is Cc1ccc(S(=O)(=O)N2CC(=O)CC2C2CCCCC2)cc1. The van der Waals surface area contributed by atoms with Gasteiger partial charge in [-0.2, -0.15) is 4.31 Å². The van der Waals surface area contributed by atoms with E-state index in [9.17, 15) is 13.2 Å². The number of hydrogen-bond donors (Lipinski definition) is 0. The van der Waals surface area contributed by atoms with Crippen LogP contribution in [0.15, 0.2) is 29.2 Å². The maximum atomic E-state index is 12.9. The Balaban J connectivity index is 1.89. The van der Waals surface area contributed by atoms with Crippen molar-refractivity contribution in [2.75, 3.05) is 6.54 Å². The number of sulfonamides is 1. The van der Waals surface area contributed by atoms with Gasteiger partial charge in [-0.25, -0.2) is 8.42 Å². The summed E-state index contributed by atoms with van der Waals surface area (Å²) in [5.74, 6) is 0.381. The number of ketones is 1. The van der Waals surface area contributed by atoms with E-state index in [1.165, 1.54) is 10.7 Å². The van der Waals surface area contributed by atoms with E-state index in [0.29, 0.717) is 17.2 Å². The lowest BCUT2D eigenvalue weighted by Gasteiger charge is -2.32. The van der Waals surface area contributed by atoms with Gasteiger partial charge >= 0.3 is 0 Å². The molecule has 0 amide bonds. The molecule has 120 valence electrons. The van der Waals surface area contributed by atoms with E-state index in [1.807, 2.05) is 6.92 Å². The highest BCUT2D eigenvalue weighted by Gasteiger charge is 2.43. The van der Waals surface area contributed by atoms with Crippen LogP contribution in [-0.2, 0) is 14.8 Å². The standard InChI is InChI=1S/C17H23NO3S/c1-13-7-9-16(10-8-13)22(20,21)18-12-15(19)11-17(18)14-5-3-2-4-6-14/h7-10,14,17H,2-6,11-12H2,1H3. The zero-order valence-corrected chi connectivity index (χ0v) is 13.8. The van der Waals surface area contributed by atoms with Gasteiger partial charge in [0, 0.05) is 12.5 Å². The molecule has 0 N–H and O–H groups in total. The number of benzene rings is 1. The third-order valence-corrected chi connectivity index (χ3v) is 6.85. The Kier molecular flexibility index (Phi) is 4.37. The van der Waals surface area contributed by atoms with Gasteiger partial charge in [-0.15, -0.1) is 0 Å². The summed E-state index contributed by atoms with van der Waals surface area (Å²) in [6, 6.07) is 6.76. The summed E-state index contributed by atoms with van der Waals surface area (Å²) in [5, 5.41) is 0. The van der Waals surface area contributed by atoms with Gasteiger partial charge in [-0.1, -0.05) is 37.0 Å². The normalized spacial score (nSPS) is 24.8. The van der Waals surface area contributed by atoms with Crippen LogP contribution in [-0.4, -0.2) is 31.1 Å². The largest absolute Gasteiger partial charge is 0.298 e. The molecule has 2 aliphatic rings. The van der Waals surface area contributed by atoms with Crippen molar-refractivity contribution in [3.63, 3.8) is 0 Å². The monoisotopic (exact) mass is 321 g/mol. The smallest absolute Gasteiger partial charge is 0.243 e. The van der Waals surface area contributed by atoms with Gasteiger partial charge in [0.1, 0.15) is 5.78 Å². The first-order valence-corrected chi connectivity index (χ1v) is 9.53. The minimum Gasteiger partial charge on any atom is -0.298 e. The van der Waals surface area contributed by atoms with Crippen molar-refractivity contribution in [1.29, 1.82) is 0 Å². The fourth-order valence-electron chi connectivity index (χ4n) is 3.72. The van der Waals surface area contributed by atoms with Gasteiger partial charge in [0.25, 0.3) is 0 Å². The molecule has 1 aliphatic heterocycles. The van der Waals surface area contributed by atoms with Crippen LogP contribution < -0.4 is 0 Å². The molecule has 1 aromatic rings. The highest BCUT2D eigenvalue weighted by Crippen LogP contribution is 2.36. The van der Waals surface area contributed by atoms with Crippen molar-refractivity contribution < 1.29 is 13.2 Å². The zero-order chi connectivity index (χ0) is 15.7. The molecule has 1 atom stereocenters. The van der Waals surface area contributed by atoms with Crippen molar-refractivity contribution in [3.8, 4) is 0 Å². The highest BCUT2D eigenvalue weighted by molar-refractivity contribution is 7.89. The predicted octanol–water partition coefficient (Wildman–Crippen LogP) is 2.91. The first-order valence-electron chi connectivity index (χ1n) is 8.09. The minimum atomic E-state index is -3.57. The Hall–Kier alpha value is -1.20. The molecule has 22 heavy (non-hydrogen) atoms. The fourth-order valence-corrected chi connectivity index (χ4v) is 5.39. The molecular weight excluding hydrogens is 298 g/mol. The van der Waals surface area contributed by atoms with Crippen molar-refractivity contribution in [1.82, 2.24) is 4.31 Å². The summed E-state index contributed by atoms with van der Waals surface area (Å²) in [5.41, 5.74) is 1.03. The van der Waals surface area contributed by atoms with Crippen molar-refractivity contribution in [3.05, 3.63) is 29.8 Å². The molecule has 1 saturated heterocycles. The zero-order valence-electron chi connectivity index (χ0n) is 13.0. The Morgan fingerprint density at radius 2 is 1.68 bits per heavy atom. The van der Waals surface area contributed by atoms with E-state index in [2.05, 4.69) is 0 Å². The maximum Gasteiger partial charge on any atom is 0.243 e. The van der Waals surface area contributed by atoms with E-state index in [-0.39, 0.29) is 18.4 Å². The van der Waals surface area contributed by atoms with Gasteiger partial charge in [-0.05, 0) is 37.8 Å². The number of nitrogens with zero attached hydrogens (tertiary/aromatic N) is 1. The van der Waals surface area contributed by atoms with Crippen molar-refractivity contribution in [2.45, 2.75) is 56.4 Å². The number of Topliss-reactive ketones (excluding diaryl/α,β-unsaturated/α-hetero) is 1. The maximum absolute atomic E-state index is 12.9. The summed E-state index contributed by atoms with van der Waals surface area (Å²) in [7, 11) is -3.57. The predicted molar refractivity (Wildman–Crippen MR) is 85.1 cm³/mol. The van der Waals surface area contributed by atoms with Crippen LogP contribution in [0.4, 0.5) is 0 Å². The van der Waals surface area contributed by atoms with Crippen molar-refractivity contribution >= 4 is 15.8 Å². The molecule has 0 radical (unpaired) electrons. The molecular formula is C17H23NO3S. The molecule has 3 rings (SSSR count). The Morgan fingerprint density at radius 1 is 1.05 bits per heavy atom. The van der Waals surface area contributed by atoms with Crippen molar-refractivity contribution in [2.24, 2.45) is 5.92 Å². The van der Waals surface area contributed by atoms with Crippen LogP contribution in [0, 0.1) is 12.8 Å². The second-order valence-corrected chi connectivity index (χ2v) is 8.46. The third kappa shape index (κ3) is 2.97. The lowest BCUT2D eigenvalue weighted by Crippen LogP contribution is -2.40. The van der Waals surface area contributed by atoms with E-state index in [4.69, 9.17) is 0 Å². The van der Waals surface area contributed by atoms with Crippen LogP contribution in [0.2, 0.25) is 0 Å². The Bertz CT molecular complexity index is 645. The van der Waals surface area contributed by atoms with Crippen LogP contribution in [0.3, 0.4) is 0 Å². The van der Waals surface area contributed by atoms with E-state index >= 15 is 0 Å². The van der Waals surface area contributed by atoms with Crippen LogP contribution in [0.5, 0.6) is 0 Å². The minimum absolute atomic E-state index is 0.0391. The highest BCUT2D eigenvalue weighted by atomic mass is 32.2. The number of carbonyl (C=O) groups excluding carboxylic acids is 1. The molecule has 2 fully saturated rings. The Labute approximate surface area is 132 Å². The van der Waals surface area contributed by atoms with Gasteiger partial charge < -0.3 is 0 Å². The summed E-state index contributed by atoms with van der Waals surface area (Å²) in [6.07, 6.45) is 5.98. The summed E-state index contributed by atoms with van der Waals surface area (Å²) in [4.78, 5) is 12.2. The molecule has 1 aliphatic carbocycles. The number of carbonyl (C=O) groups is 1. The average molecular weight is 321 g/mol. The van der Waals surface area contributed by atoms with Crippen LogP contribution in [0.25, 0.3) is 0 Å². The third-order valence-electron chi connectivity index (χ3n) is 4.96. The van der Waals surface area contributed by atoms with Gasteiger partial charge in [0.15, 0.2) is 0 Å². The number of rotatable bonds is 3. The second-order valence-electron chi connectivity index (χ2n) is 6.57. The fraction of sp³-hybridized carbons (Fsp3) is 0.588. The molecule has 1 aromatic carbocycles. The molecule has 1 unspecified atom stereocenters. The van der Waals surface area contributed by atoms with Crippen LogP contribution in [0.1, 0.15) is 44.1 Å². The summed E-state index contributed by atoms with van der Waals surface area (Å²) < 4.78 is 27.3. The lowest BCUT2D eigenvalue weighted by atomic mass is 9.83. The molecule has 5 heteroatoms. The summed E-state index contributed by atoms with van der Waals surface area (Å²) >= 11 is 0. The Morgan fingerprint density at radius 3 is 2.32 bits per heavy atom. The molecule has 0 spiro atoms. The van der Waals surface area contributed by atoms with E-state index in [1.54, 1.807) is 24.3 Å². The molecule has 1 saturated carbocycles. The first kappa shape index (κ1) is 15.7.